The van der Waals surface area contributed by atoms with Crippen LogP contribution in [0.25, 0.3) is 0 Å². The third-order valence-electron chi connectivity index (χ3n) is 4.68. The van der Waals surface area contributed by atoms with Crippen molar-refractivity contribution in [3.63, 3.8) is 0 Å². The van der Waals surface area contributed by atoms with Crippen molar-refractivity contribution >= 4 is 5.82 Å². The average Bonchev–Trinajstić information content (AvgIpc) is 2.61. The van der Waals surface area contributed by atoms with Crippen LogP contribution in [0.2, 0.25) is 0 Å². The molecule has 2 heterocycles. The van der Waals surface area contributed by atoms with E-state index in [1.165, 1.54) is 5.56 Å². The number of rotatable bonds is 5. The fourth-order valence-electron chi connectivity index (χ4n) is 3.53. The third kappa shape index (κ3) is 3.74. The van der Waals surface area contributed by atoms with Gasteiger partial charge in [-0.1, -0.05) is 30.3 Å². The van der Waals surface area contributed by atoms with E-state index in [2.05, 4.69) is 39.1 Å². The Morgan fingerprint density at radius 3 is 2.75 bits per heavy atom. The van der Waals surface area contributed by atoms with Gasteiger partial charge in [-0.25, -0.2) is 9.97 Å². The first-order valence-corrected chi connectivity index (χ1v) is 8.45. The summed E-state index contributed by atoms with van der Waals surface area (Å²) in [4.78, 5) is 11.3. The van der Waals surface area contributed by atoms with Crippen LogP contribution in [-0.2, 0) is 11.3 Å². The quantitative estimate of drug-likeness (QED) is 0.914. The summed E-state index contributed by atoms with van der Waals surface area (Å²) in [6.45, 7) is 4.31. The number of piperidine rings is 1. The van der Waals surface area contributed by atoms with Gasteiger partial charge in [-0.05, 0) is 24.8 Å². The Bertz CT molecular complexity index is 663. The molecule has 0 unspecified atom stereocenters. The molecule has 5 heteroatoms. The molecule has 0 spiro atoms. The fraction of sp³-hybridized carbons (Fsp3) is 0.474. The van der Waals surface area contributed by atoms with Crippen LogP contribution in [0.4, 0.5) is 5.82 Å². The molecule has 0 bridgehead atoms. The summed E-state index contributed by atoms with van der Waals surface area (Å²) in [7, 11) is 1.65. The van der Waals surface area contributed by atoms with E-state index in [1.807, 2.05) is 19.1 Å². The summed E-state index contributed by atoms with van der Waals surface area (Å²) in [5, 5.41) is 9.90. The Morgan fingerprint density at radius 1 is 1.25 bits per heavy atom. The van der Waals surface area contributed by atoms with Crippen LogP contribution in [-0.4, -0.2) is 41.9 Å². The van der Waals surface area contributed by atoms with Crippen molar-refractivity contribution in [3.05, 3.63) is 53.5 Å². The van der Waals surface area contributed by atoms with Gasteiger partial charge in [0.05, 0.1) is 0 Å². The zero-order valence-electron chi connectivity index (χ0n) is 14.4. The maximum Gasteiger partial charge on any atom is 0.156 e. The Balaban J connectivity index is 1.78. The van der Waals surface area contributed by atoms with Gasteiger partial charge in [0.25, 0.3) is 0 Å². The van der Waals surface area contributed by atoms with Gasteiger partial charge in [0, 0.05) is 44.5 Å². The van der Waals surface area contributed by atoms with Crippen LogP contribution in [0.3, 0.4) is 0 Å². The Kier molecular flexibility index (Phi) is 5.43. The van der Waals surface area contributed by atoms with Crippen molar-refractivity contribution in [1.29, 1.82) is 0 Å². The molecule has 2 atom stereocenters. The topological polar surface area (TPSA) is 58.5 Å². The van der Waals surface area contributed by atoms with Crippen LogP contribution < -0.4 is 4.90 Å². The minimum Gasteiger partial charge on any atom is -0.396 e. The molecule has 0 saturated carbocycles. The number of aliphatic hydroxyl groups is 1. The molecule has 128 valence electrons. The highest BCUT2D eigenvalue weighted by atomic mass is 16.5. The number of methoxy groups -OCH3 is 1. The molecule has 1 aromatic carbocycles. The zero-order valence-corrected chi connectivity index (χ0v) is 14.4. The second kappa shape index (κ2) is 7.73. The number of aliphatic hydroxyl groups excluding tert-OH is 1. The first-order chi connectivity index (χ1) is 11.7. The SMILES string of the molecule is COCc1nc(C)cc(N2CC[C@@H](c3ccccc3)[C@@H](CO)C2)n1. The monoisotopic (exact) mass is 327 g/mol. The average molecular weight is 327 g/mol. The summed E-state index contributed by atoms with van der Waals surface area (Å²) in [6.07, 6.45) is 1.01. The number of hydrogen-bond donors (Lipinski definition) is 1. The highest BCUT2D eigenvalue weighted by Gasteiger charge is 2.30. The lowest BCUT2D eigenvalue weighted by Gasteiger charge is -2.39. The van der Waals surface area contributed by atoms with Gasteiger partial charge < -0.3 is 14.7 Å². The summed E-state index contributed by atoms with van der Waals surface area (Å²) >= 11 is 0. The van der Waals surface area contributed by atoms with Crippen molar-refractivity contribution in [1.82, 2.24) is 9.97 Å². The fourth-order valence-corrected chi connectivity index (χ4v) is 3.53. The third-order valence-corrected chi connectivity index (χ3v) is 4.68. The number of nitrogens with zero attached hydrogens (tertiary/aromatic N) is 3. The lowest BCUT2D eigenvalue weighted by Crippen LogP contribution is -2.41. The van der Waals surface area contributed by atoms with Crippen molar-refractivity contribution in [3.8, 4) is 0 Å². The summed E-state index contributed by atoms with van der Waals surface area (Å²) in [5.74, 6) is 2.24. The van der Waals surface area contributed by atoms with E-state index in [0.717, 1.165) is 31.0 Å². The van der Waals surface area contributed by atoms with E-state index in [-0.39, 0.29) is 12.5 Å². The van der Waals surface area contributed by atoms with Gasteiger partial charge >= 0.3 is 0 Å². The van der Waals surface area contributed by atoms with Crippen molar-refractivity contribution in [2.75, 3.05) is 31.7 Å². The van der Waals surface area contributed by atoms with E-state index < -0.39 is 0 Å². The van der Waals surface area contributed by atoms with Crippen LogP contribution in [0, 0.1) is 12.8 Å². The summed E-state index contributed by atoms with van der Waals surface area (Å²) in [6, 6.07) is 12.5. The Labute approximate surface area is 143 Å². The number of benzene rings is 1. The van der Waals surface area contributed by atoms with Crippen molar-refractivity contribution in [2.24, 2.45) is 5.92 Å². The Hall–Kier alpha value is -1.98. The van der Waals surface area contributed by atoms with E-state index in [0.29, 0.717) is 18.3 Å². The molecule has 1 aliphatic heterocycles. The van der Waals surface area contributed by atoms with Crippen LogP contribution in [0.15, 0.2) is 36.4 Å². The van der Waals surface area contributed by atoms with E-state index in [4.69, 9.17) is 4.74 Å². The molecule has 1 saturated heterocycles. The lowest BCUT2D eigenvalue weighted by molar-refractivity contribution is 0.177. The van der Waals surface area contributed by atoms with Crippen molar-refractivity contribution < 1.29 is 9.84 Å². The lowest BCUT2D eigenvalue weighted by atomic mass is 9.81. The molecule has 1 N–H and O–H groups in total. The number of hydrogen-bond acceptors (Lipinski definition) is 5. The standard InChI is InChI=1S/C19H25N3O2/c1-14-10-19(21-18(20-14)13-24-2)22-9-8-17(16(11-22)12-23)15-6-4-3-5-7-15/h3-7,10,16-17,23H,8-9,11-13H2,1-2H3/t16-,17+/m1/s1. The molecule has 2 aromatic rings. The van der Waals surface area contributed by atoms with Gasteiger partial charge in [0.15, 0.2) is 5.82 Å². The second-order valence-corrected chi connectivity index (χ2v) is 6.41. The number of anilines is 1. The predicted molar refractivity (Wildman–Crippen MR) is 94.1 cm³/mol. The molecule has 24 heavy (non-hydrogen) atoms. The van der Waals surface area contributed by atoms with Crippen molar-refractivity contribution in [2.45, 2.75) is 25.9 Å². The normalized spacial score (nSPS) is 21.0. The molecule has 1 fully saturated rings. The molecular formula is C19H25N3O2. The molecule has 0 amide bonds. The smallest absolute Gasteiger partial charge is 0.156 e. The number of aromatic nitrogens is 2. The van der Waals surface area contributed by atoms with E-state index >= 15 is 0 Å². The minimum absolute atomic E-state index is 0.186. The van der Waals surface area contributed by atoms with Gasteiger partial charge in [0.2, 0.25) is 0 Å². The maximum atomic E-state index is 9.90. The molecular weight excluding hydrogens is 302 g/mol. The highest BCUT2D eigenvalue weighted by Crippen LogP contribution is 2.34. The first-order valence-electron chi connectivity index (χ1n) is 8.45. The van der Waals surface area contributed by atoms with Gasteiger partial charge in [-0.3, -0.25) is 0 Å². The predicted octanol–water partition coefficient (Wildman–Crippen LogP) is 2.53. The number of aryl methyl sites for hydroxylation is 1. The molecule has 0 aliphatic carbocycles. The second-order valence-electron chi connectivity index (χ2n) is 6.41. The number of ether oxygens (including phenoxy) is 1. The van der Waals surface area contributed by atoms with Crippen LogP contribution in [0.1, 0.15) is 29.4 Å². The van der Waals surface area contributed by atoms with Gasteiger partial charge in [-0.15, -0.1) is 0 Å². The van der Waals surface area contributed by atoms with Crippen LogP contribution in [0.5, 0.6) is 0 Å². The van der Waals surface area contributed by atoms with E-state index in [9.17, 15) is 5.11 Å². The van der Waals surface area contributed by atoms with E-state index in [1.54, 1.807) is 7.11 Å². The Morgan fingerprint density at radius 2 is 2.04 bits per heavy atom. The van der Waals surface area contributed by atoms with Gasteiger partial charge in [-0.2, -0.15) is 0 Å². The molecule has 5 nitrogen and oxygen atoms in total. The van der Waals surface area contributed by atoms with Gasteiger partial charge in [0.1, 0.15) is 12.4 Å². The maximum absolute atomic E-state index is 9.90. The molecule has 1 aliphatic rings. The molecule has 1 aromatic heterocycles. The summed E-state index contributed by atoms with van der Waals surface area (Å²) in [5.41, 5.74) is 2.26. The van der Waals surface area contributed by atoms with Crippen LogP contribution >= 0.6 is 0 Å². The molecule has 0 radical (unpaired) electrons. The largest absolute Gasteiger partial charge is 0.396 e. The zero-order chi connectivity index (χ0) is 16.9. The molecule has 3 rings (SSSR count). The highest BCUT2D eigenvalue weighted by molar-refractivity contribution is 5.41. The summed E-state index contributed by atoms with van der Waals surface area (Å²) < 4.78 is 5.16. The minimum atomic E-state index is 0.186. The first kappa shape index (κ1) is 16.9.